The van der Waals surface area contributed by atoms with E-state index in [1.54, 1.807) is 19.1 Å². The second kappa shape index (κ2) is 5.62. The summed E-state index contributed by atoms with van der Waals surface area (Å²) in [7, 11) is 0. The highest BCUT2D eigenvalue weighted by molar-refractivity contribution is 6.06. The predicted molar refractivity (Wildman–Crippen MR) is 74.2 cm³/mol. The zero-order valence-corrected chi connectivity index (χ0v) is 11.1. The number of carbonyl (C=O) groups excluding carboxylic acids is 1. The van der Waals surface area contributed by atoms with Crippen molar-refractivity contribution < 1.29 is 24.2 Å². The van der Waals surface area contributed by atoms with Gasteiger partial charge in [0, 0.05) is 5.69 Å². The van der Waals surface area contributed by atoms with Gasteiger partial charge in [-0.25, -0.2) is 9.18 Å². The van der Waals surface area contributed by atoms with Crippen molar-refractivity contribution in [1.82, 2.24) is 0 Å². The molecule has 2 aromatic rings. The van der Waals surface area contributed by atoms with Crippen molar-refractivity contribution in [2.24, 2.45) is 0 Å². The number of amides is 1. The summed E-state index contributed by atoms with van der Waals surface area (Å²) in [6.07, 6.45) is 0. The van der Waals surface area contributed by atoms with Crippen LogP contribution in [0.2, 0.25) is 0 Å². The Morgan fingerprint density at radius 2 is 1.86 bits per heavy atom. The summed E-state index contributed by atoms with van der Waals surface area (Å²) in [6.45, 7) is 1.65. The molecule has 21 heavy (non-hydrogen) atoms. The fourth-order valence-corrected chi connectivity index (χ4v) is 1.81. The molecule has 0 radical (unpaired) electrons. The number of aryl methyl sites for hydroxylation is 1. The van der Waals surface area contributed by atoms with Crippen LogP contribution in [0.5, 0.6) is 5.75 Å². The van der Waals surface area contributed by atoms with Gasteiger partial charge in [0.1, 0.15) is 11.6 Å². The number of rotatable bonds is 3. The molecule has 0 saturated heterocycles. The molecule has 0 aliphatic heterocycles. The monoisotopic (exact) mass is 289 g/mol. The fraction of sp³-hybridized carbons (Fsp3) is 0.0667. The van der Waals surface area contributed by atoms with Gasteiger partial charge in [-0.15, -0.1) is 0 Å². The molecular formula is C15H12FNO4. The highest BCUT2D eigenvalue weighted by atomic mass is 19.1. The first-order valence-electron chi connectivity index (χ1n) is 6.03. The molecule has 108 valence electrons. The number of carboxylic acid groups (broad SMARTS) is 1. The zero-order chi connectivity index (χ0) is 15.6. The van der Waals surface area contributed by atoms with Crippen LogP contribution in [-0.4, -0.2) is 22.1 Å². The molecule has 0 bridgehead atoms. The number of nitrogens with one attached hydrogen (secondary N) is 1. The topological polar surface area (TPSA) is 86.6 Å². The third-order valence-electron chi connectivity index (χ3n) is 2.94. The van der Waals surface area contributed by atoms with Crippen LogP contribution < -0.4 is 5.32 Å². The Bertz CT molecular complexity index is 728. The smallest absolute Gasteiger partial charge is 0.338 e. The maximum atomic E-state index is 13.5. The van der Waals surface area contributed by atoms with E-state index in [0.29, 0.717) is 5.56 Å². The summed E-state index contributed by atoms with van der Waals surface area (Å²) >= 11 is 0. The molecule has 6 heteroatoms. The number of aromatic hydroxyl groups is 1. The quantitative estimate of drug-likeness (QED) is 0.811. The molecule has 3 N–H and O–H groups in total. The van der Waals surface area contributed by atoms with Gasteiger partial charge in [-0.05, 0) is 36.8 Å². The van der Waals surface area contributed by atoms with Crippen LogP contribution >= 0.6 is 0 Å². The number of benzene rings is 2. The van der Waals surface area contributed by atoms with Crippen molar-refractivity contribution in [2.45, 2.75) is 6.92 Å². The van der Waals surface area contributed by atoms with Crippen LogP contribution in [-0.2, 0) is 0 Å². The normalized spacial score (nSPS) is 10.2. The summed E-state index contributed by atoms with van der Waals surface area (Å²) in [5.41, 5.74) is 0.211. The van der Waals surface area contributed by atoms with Gasteiger partial charge in [0.05, 0.1) is 11.1 Å². The molecule has 5 nitrogen and oxygen atoms in total. The van der Waals surface area contributed by atoms with Gasteiger partial charge in [0.15, 0.2) is 0 Å². The third-order valence-corrected chi connectivity index (χ3v) is 2.94. The number of carboxylic acids is 1. The van der Waals surface area contributed by atoms with E-state index in [1.165, 1.54) is 12.1 Å². The van der Waals surface area contributed by atoms with Crippen molar-refractivity contribution in [3.8, 4) is 5.75 Å². The number of phenols is 1. The molecule has 0 aliphatic rings. The predicted octanol–water partition coefficient (Wildman–Crippen LogP) is 2.79. The molecule has 0 fully saturated rings. The van der Waals surface area contributed by atoms with E-state index < -0.39 is 23.3 Å². The molecule has 0 aliphatic carbocycles. The highest BCUT2D eigenvalue weighted by Crippen LogP contribution is 2.23. The molecule has 0 spiro atoms. The number of anilines is 1. The van der Waals surface area contributed by atoms with Gasteiger partial charge in [0.25, 0.3) is 5.91 Å². The summed E-state index contributed by atoms with van der Waals surface area (Å²) in [5.74, 6) is -3.10. The molecular weight excluding hydrogens is 277 g/mol. The average molecular weight is 289 g/mol. The number of aromatic carboxylic acids is 1. The first kappa shape index (κ1) is 14.5. The van der Waals surface area contributed by atoms with E-state index in [1.807, 2.05) is 0 Å². The molecule has 0 atom stereocenters. The summed E-state index contributed by atoms with van der Waals surface area (Å²) in [5, 5.41) is 20.9. The zero-order valence-electron chi connectivity index (χ0n) is 11.1. The minimum Gasteiger partial charge on any atom is -0.507 e. The Kier molecular flexibility index (Phi) is 3.89. The standard InChI is InChI=1S/C15H12FNO4/c1-8-3-2-4-11(13(8)18)14(19)17-9-5-6-10(15(20)21)12(16)7-9/h2-7,18H,1H3,(H,17,19)(H,20,21). The lowest BCUT2D eigenvalue weighted by Crippen LogP contribution is -2.13. The molecule has 0 unspecified atom stereocenters. The second-order valence-electron chi connectivity index (χ2n) is 4.42. The number of para-hydroxylation sites is 1. The van der Waals surface area contributed by atoms with Gasteiger partial charge in [-0.3, -0.25) is 4.79 Å². The van der Waals surface area contributed by atoms with Crippen LogP contribution in [0.1, 0.15) is 26.3 Å². The van der Waals surface area contributed by atoms with E-state index in [2.05, 4.69) is 5.32 Å². The van der Waals surface area contributed by atoms with Crippen LogP contribution in [0.4, 0.5) is 10.1 Å². The summed E-state index contributed by atoms with van der Waals surface area (Å²) < 4.78 is 13.5. The minimum atomic E-state index is -1.39. The highest BCUT2D eigenvalue weighted by Gasteiger charge is 2.15. The van der Waals surface area contributed by atoms with Crippen LogP contribution in [0.3, 0.4) is 0 Å². The van der Waals surface area contributed by atoms with Gasteiger partial charge >= 0.3 is 5.97 Å². The van der Waals surface area contributed by atoms with Crippen LogP contribution in [0.15, 0.2) is 36.4 Å². The van der Waals surface area contributed by atoms with Gasteiger partial charge in [-0.1, -0.05) is 12.1 Å². The largest absolute Gasteiger partial charge is 0.507 e. The number of phenolic OH excluding ortho intramolecular Hbond substituents is 1. The van der Waals surface area contributed by atoms with Crippen LogP contribution in [0.25, 0.3) is 0 Å². The van der Waals surface area contributed by atoms with Gasteiger partial charge in [-0.2, -0.15) is 0 Å². The van der Waals surface area contributed by atoms with Crippen molar-refractivity contribution in [3.63, 3.8) is 0 Å². The first-order valence-corrected chi connectivity index (χ1v) is 6.03. The lowest BCUT2D eigenvalue weighted by molar-refractivity contribution is 0.0691. The average Bonchev–Trinajstić information content (AvgIpc) is 2.41. The Morgan fingerprint density at radius 3 is 2.48 bits per heavy atom. The van der Waals surface area contributed by atoms with Gasteiger partial charge < -0.3 is 15.5 Å². The molecule has 0 aromatic heterocycles. The lowest BCUT2D eigenvalue weighted by Gasteiger charge is -2.09. The molecule has 0 heterocycles. The Labute approximate surface area is 119 Å². The first-order chi connectivity index (χ1) is 9.90. The van der Waals surface area contributed by atoms with Crippen molar-refractivity contribution >= 4 is 17.6 Å². The number of hydrogen-bond acceptors (Lipinski definition) is 3. The second-order valence-corrected chi connectivity index (χ2v) is 4.42. The Morgan fingerprint density at radius 1 is 1.14 bits per heavy atom. The Hall–Kier alpha value is -2.89. The Balaban J connectivity index is 2.26. The maximum Gasteiger partial charge on any atom is 0.338 e. The van der Waals surface area contributed by atoms with Crippen molar-refractivity contribution in [1.29, 1.82) is 0 Å². The van der Waals surface area contributed by atoms with E-state index in [0.717, 1.165) is 12.1 Å². The number of halogens is 1. The molecule has 2 rings (SSSR count). The molecule has 0 saturated carbocycles. The maximum absolute atomic E-state index is 13.5. The number of carbonyl (C=O) groups is 2. The van der Waals surface area contributed by atoms with E-state index in [4.69, 9.17) is 5.11 Å². The fourth-order valence-electron chi connectivity index (χ4n) is 1.81. The van der Waals surface area contributed by atoms with Crippen molar-refractivity contribution in [3.05, 3.63) is 58.9 Å². The van der Waals surface area contributed by atoms with E-state index in [-0.39, 0.29) is 17.0 Å². The summed E-state index contributed by atoms with van der Waals surface area (Å²) in [4.78, 5) is 22.7. The van der Waals surface area contributed by atoms with E-state index >= 15 is 0 Å². The minimum absolute atomic E-state index is 0.0534. The summed E-state index contributed by atoms with van der Waals surface area (Å²) in [6, 6.07) is 7.93. The van der Waals surface area contributed by atoms with E-state index in [9.17, 15) is 19.1 Å². The number of hydrogen-bond donors (Lipinski definition) is 3. The van der Waals surface area contributed by atoms with Crippen molar-refractivity contribution in [2.75, 3.05) is 5.32 Å². The third kappa shape index (κ3) is 3.00. The van der Waals surface area contributed by atoms with Crippen LogP contribution in [0, 0.1) is 12.7 Å². The van der Waals surface area contributed by atoms with Gasteiger partial charge in [0.2, 0.25) is 0 Å². The molecule has 2 aromatic carbocycles. The lowest BCUT2D eigenvalue weighted by atomic mass is 10.1. The molecule has 1 amide bonds. The SMILES string of the molecule is Cc1cccc(C(=O)Nc2ccc(C(=O)O)c(F)c2)c1O.